The molecule has 0 saturated carbocycles. The minimum Gasteiger partial charge on any atom is -0.0803 e. The van der Waals surface area contributed by atoms with Crippen molar-refractivity contribution in [2.24, 2.45) is 5.41 Å². The van der Waals surface area contributed by atoms with E-state index in [1.165, 1.54) is 35.4 Å². The highest BCUT2D eigenvalue weighted by atomic mass is 31.2. The summed E-state index contributed by atoms with van der Waals surface area (Å²) in [6.45, 7) is 9.41. The van der Waals surface area contributed by atoms with Crippen LogP contribution < -0.4 is 10.6 Å². The zero-order chi connectivity index (χ0) is 24.0. The molecule has 176 valence electrons. The van der Waals surface area contributed by atoms with Crippen LogP contribution in [0.1, 0.15) is 53.4 Å². The monoisotopic (exact) mass is 467 g/mol. The Bertz CT molecular complexity index is 1070. The van der Waals surface area contributed by atoms with E-state index in [2.05, 4.69) is 131 Å². The number of hydrogen-bond donors (Lipinski definition) is 0. The van der Waals surface area contributed by atoms with Gasteiger partial charge in [-0.05, 0) is 80.5 Å². The molecule has 2 aromatic rings. The summed E-state index contributed by atoms with van der Waals surface area (Å²) >= 11 is 0. The van der Waals surface area contributed by atoms with E-state index >= 15 is 0 Å². The van der Waals surface area contributed by atoms with E-state index in [0.29, 0.717) is 5.66 Å². The van der Waals surface area contributed by atoms with Crippen LogP contribution in [0.3, 0.4) is 0 Å². The van der Waals surface area contributed by atoms with Gasteiger partial charge in [-0.3, -0.25) is 0 Å². The maximum Gasteiger partial charge on any atom is 0.101 e. The first-order chi connectivity index (χ1) is 16.4. The minimum absolute atomic E-state index is 0.281. The highest BCUT2D eigenvalue weighted by molar-refractivity contribution is 7.90. The Kier molecular flexibility index (Phi) is 7.90. The quantitative estimate of drug-likeness (QED) is 0.283. The van der Waals surface area contributed by atoms with Crippen LogP contribution in [0.4, 0.5) is 0 Å². The Hall–Kier alpha value is -2.43. The molecular weight excluding hydrogens is 427 g/mol. The highest BCUT2D eigenvalue weighted by Crippen LogP contribution is 2.63. The SMILES string of the molecule is CC1=C(/C=C/C(C)=C/C[P+](c2ccccc2)(c2ccccc2)C2C=CC=CC2)C(C)(C)CCC1. The molecule has 1 heteroatoms. The van der Waals surface area contributed by atoms with Gasteiger partial charge in [-0.15, -0.1) is 0 Å². The van der Waals surface area contributed by atoms with E-state index in [-0.39, 0.29) is 5.41 Å². The lowest BCUT2D eigenvalue weighted by atomic mass is 9.72. The van der Waals surface area contributed by atoms with Gasteiger partial charge in [0.15, 0.2) is 0 Å². The van der Waals surface area contributed by atoms with E-state index in [9.17, 15) is 0 Å². The third kappa shape index (κ3) is 5.29. The Morgan fingerprint density at radius 2 is 1.62 bits per heavy atom. The summed E-state index contributed by atoms with van der Waals surface area (Å²) < 4.78 is 0. The molecule has 0 heterocycles. The molecule has 0 spiro atoms. The molecule has 4 rings (SSSR count). The van der Waals surface area contributed by atoms with Gasteiger partial charge in [0.2, 0.25) is 0 Å². The fourth-order valence-corrected chi connectivity index (χ4v) is 10.4. The molecule has 0 amide bonds. The summed E-state index contributed by atoms with van der Waals surface area (Å²) in [6.07, 6.45) is 22.6. The van der Waals surface area contributed by atoms with Crippen LogP contribution in [0.5, 0.6) is 0 Å². The molecule has 1 atom stereocenters. The minimum atomic E-state index is -1.68. The van der Waals surface area contributed by atoms with E-state index in [1.807, 2.05) is 0 Å². The fourth-order valence-electron chi connectivity index (χ4n) is 5.74. The maximum absolute atomic E-state index is 2.52. The Morgan fingerprint density at radius 1 is 0.971 bits per heavy atom. The standard InChI is InChI=1S/C33H40P/c1-27(22-23-32-28(2)15-14-25-33(32,3)4)24-26-34(29-16-8-5-9-17-29,30-18-10-6-11-19-30)31-20-12-7-13-21-31/h5-13,16-20,22-24,31H,14-15,21,25-26H2,1-4H3/q+1/b23-22+,27-24+. The van der Waals surface area contributed by atoms with Crippen molar-refractivity contribution in [3.8, 4) is 0 Å². The molecule has 0 bridgehead atoms. The molecule has 0 radical (unpaired) electrons. The molecule has 0 N–H and O–H groups in total. The number of hydrogen-bond acceptors (Lipinski definition) is 0. The van der Waals surface area contributed by atoms with E-state index in [0.717, 1.165) is 12.6 Å². The average molecular weight is 468 g/mol. The predicted molar refractivity (Wildman–Crippen MR) is 154 cm³/mol. The van der Waals surface area contributed by atoms with Gasteiger partial charge in [0.25, 0.3) is 0 Å². The molecule has 0 aromatic heterocycles. The van der Waals surface area contributed by atoms with Crippen molar-refractivity contribution in [2.45, 2.75) is 59.0 Å². The third-order valence-electron chi connectivity index (χ3n) is 7.71. The van der Waals surface area contributed by atoms with Gasteiger partial charge in [0.05, 0.1) is 13.4 Å². The van der Waals surface area contributed by atoms with Crippen LogP contribution in [0.25, 0.3) is 0 Å². The van der Waals surface area contributed by atoms with Gasteiger partial charge >= 0.3 is 0 Å². The Balaban J connectivity index is 1.73. The molecule has 0 fully saturated rings. The van der Waals surface area contributed by atoms with Crippen molar-refractivity contribution in [1.82, 2.24) is 0 Å². The van der Waals surface area contributed by atoms with Crippen molar-refractivity contribution in [1.29, 1.82) is 0 Å². The zero-order valence-corrected chi connectivity index (χ0v) is 22.3. The largest absolute Gasteiger partial charge is 0.101 e. The van der Waals surface area contributed by atoms with E-state index in [1.54, 1.807) is 11.1 Å². The lowest BCUT2D eigenvalue weighted by Gasteiger charge is -2.33. The first-order valence-corrected chi connectivity index (χ1v) is 14.9. The van der Waals surface area contributed by atoms with Crippen molar-refractivity contribution in [3.63, 3.8) is 0 Å². The van der Waals surface area contributed by atoms with Crippen LogP contribution >= 0.6 is 7.26 Å². The molecular formula is C33H40P+. The summed E-state index contributed by atoms with van der Waals surface area (Å²) in [5.41, 5.74) is 5.28. The van der Waals surface area contributed by atoms with Gasteiger partial charge < -0.3 is 0 Å². The molecule has 2 aliphatic carbocycles. The van der Waals surface area contributed by atoms with Crippen molar-refractivity contribution < 1.29 is 0 Å². The van der Waals surface area contributed by atoms with Crippen LogP contribution in [0, 0.1) is 5.41 Å². The Morgan fingerprint density at radius 3 is 2.18 bits per heavy atom. The summed E-state index contributed by atoms with van der Waals surface area (Å²) in [5, 5.41) is 3.01. The Labute approximate surface area is 208 Å². The predicted octanol–water partition coefficient (Wildman–Crippen LogP) is 8.57. The van der Waals surface area contributed by atoms with Crippen LogP contribution in [-0.2, 0) is 0 Å². The zero-order valence-electron chi connectivity index (χ0n) is 21.4. The van der Waals surface area contributed by atoms with Crippen LogP contribution in [0.15, 0.2) is 120 Å². The highest BCUT2D eigenvalue weighted by Gasteiger charge is 2.48. The topological polar surface area (TPSA) is 0 Å². The molecule has 34 heavy (non-hydrogen) atoms. The maximum atomic E-state index is 2.52. The van der Waals surface area contributed by atoms with Crippen LogP contribution in [-0.4, -0.2) is 11.8 Å². The smallest absolute Gasteiger partial charge is 0.0803 e. The normalized spacial score (nSPS) is 20.8. The number of allylic oxidation sites excluding steroid dienone is 10. The average Bonchev–Trinajstić information content (AvgIpc) is 2.86. The molecule has 1 unspecified atom stereocenters. The fraction of sp³-hybridized carbons (Fsp3) is 0.333. The van der Waals surface area contributed by atoms with Crippen molar-refractivity contribution in [2.75, 3.05) is 6.16 Å². The van der Waals surface area contributed by atoms with Gasteiger partial charge in [0.1, 0.15) is 16.3 Å². The summed E-state index contributed by atoms with van der Waals surface area (Å²) in [4.78, 5) is 0. The lowest BCUT2D eigenvalue weighted by molar-refractivity contribution is 0.377. The second kappa shape index (κ2) is 10.9. The molecule has 2 aromatic carbocycles. The molecule has 2 aliphatic rings. The summed E-state index contributed by atoms with van der Waals surface area (Å²) in [7, 11) is -1.68. The van der Waals surface area contributed by atoms with E-state index in [4.69, 9.17) is 0 Å². The second-order valence-electron chi connectivity index (χ2n) is 10.6. The third-order valence-corrected chi connectivity index (χ3v) is 12.4. The van der Waals surface area contributed by atoms with Gasteiger partial charge in [-0.2, -0.15) is 0 Å². The summed E-state index contributed by atoms with van der Waals surface area (Å²) in [6, 6.07) is 22.6. The first-order valence-electron chi connectivity index (χ1n) is 12.8. The second-order valence-corrected chi connectivity index (χ2v) is 14.4. The van der Waals surface area contributed by atoms with Crippen LogP contribution in [0.2, 0.25) is 0 Å². The molecule has 0 nitrogen and oxygen atoms in total. The van der Waals surface area contributed by atoms with Gasteiger partial charge in [0, 0.05) is 6.42 Å². The molecule has 0 aliphatic heterocycles. The van der Waals surface area contributed by atoms with E-state index < -0.39 is 7.26 Å². The lowest BCUT2D eigenvalue weighted by Crippen LogP contribution is -2.32. The summed E-state index contributed by atoms with van der Waals surface area (Å²) in [5.74, 6) is 0. The van der Waals surface area contributed by atoms with Gasteiger partial charge in [-0.1, -0.05) is 91.8 Å². The first kappa shape index (κ1) is 24.7. The van der Waals surface area contributed by atoms with Gasteiger partial charge in [-0.25, -0.2) is 0 Å². The number of rotatable bonds is 7. The van der Waals surface area contributed by atoms with Crippen molar-refractivity contribution in [3.05, 3.63) is 120 Å². The van der Waals surface area contributed by atoms with Crippen molar-refractivity contribution >= 4 is 17.9 Å². The number of benzene rings is 2. The molecule has 0 saturated heterocycles.